The summed E-state index contributed by atoms with van der Waals surface area (Å²) < 4.78 is 10.5. The highest BCUT2D eigenvalue weighted by atomic mass is 16.5. The minimum atomic E-state index is -0.710. The van der Waals surface area contributed by atoms with Gasteiger partial charge < -0.3 is 19.9 Å². The third-order valence-corrected chi connectivity index (χ3v) is 6.41. The molecule has 0 aromatic heterocycles. The van der Waals surface area contributed by atoms with Crippen molar-refractivity contribution in [3.8, 4) is 11.5 Å². The average Bonchev–Trinajstić information content (AvgIpc) is 3.25. The maximum absolute atomic E-state index is 12.6. The fourth-order valence-corrected chi connectivity index (χ4v) is 4.65. The summed E-state index contributed by atoms with van der Waals surface area (Å²) in [6.45, 7) is 3.54. The van der Waals surface area contributed by atoms with Crippen LogP contribution in [-0.2, 0) is 16.0 Å². The maximum Gasteiger partial charge on any atom is 0.311 e. The Labute approximate surface area is 166 Å². The molecule has 28 heavy (non-hydrogen) atoms. The van der Waals surface area contributed by atoms with Crippen LogP contribution in [-0.4, -0.2) is 61.8 Å². The van der Waals surface area contributed by atoms with Crippen molar-refractivity contribution in [3.05, 3.63) is 23.8 Å². The summed E-state index contributed by atoms with van der Waals surface area (Å²) in [4.78, 5) is 26.4. The SMILES string of the molecule is COc1ccc(CCNC(=O)C(C)N2C[C@@H]3CCC[C@@]3(C(=O)O)C2)cc1OC. The predicted molar refractivity (Wildman–Crippen MR) is 105 cm³/mol. The van der Waals surface area contributed by atoms with Crippen LogP contribution in [0.25, 0.3) is 0 Å². The summed E-state index contributed by atoms with van der Waals surface area (Å²) in [6.07, 6.45) is 3.31. The van der Waals surface area contributed by atoms with Gasteiger partial charge in [-0.2, -0.15) is 0 Å². The van der Waals surface area contributed by atoms with Crippen LogP contribution in [0.3, 0.4) is 0 Å². The molecule has 7 heteroatoms. The second-order valence-electron chi connectivity index (χ2n) is 7.89. The second-order valence-corrected chi connectivity index (χ2v) is 7.89. The number of aliphatic carboxylic acids is 1. The van der Waals surface area contributed by atoms with E-state index in [1.807, 2.05) is 30.0 Å². The van der Waals surface area contributed by atoms with Gasteiger partial charge in [-0.05, 0) is 49.8 Å². The molecule has 1 unspecified atom stereocenters. The Morgan fingerprint density at radius 2 is 2.07 bits per heavy atom. The molecule has 1 aliphatic heterocycles. The molecule has 154 valence electrons. The number of rotatable bonds is 8. The Bertz CT molecular complexity index is 738. The highest BCUT2D eigenvalue weighted by molar-refractivity contribution is 5.82. The van der Waals surface area contributed by atoms with E-state index in [0.29, 0.717) is 37.6 Å². The number of methoxy groups -OCH3 is 2. The second kappa shape index (κ2) is 8.39. The van der Waals surface area contributed by atoms with Crippen LogP contribution in [0.1, 0.15) is 31.7 Å². The van der Waals surface area contributed by atoms with Gasteiger partial charge in [-0.15, -0.1) is 0 Å². The van der Waals surface area contributed by atoms with E-state index in [1.54, 1.807) is 14.2 Å². The number of carbonyl (C=O) groups excluding carboxylic acids is 1. The zero-order chi connectivity index (χ0) is 20.3. The van der Waals surface area contributed by atoms with Gasteiger partial charge in [0.15, 0.2) is 11.5 Å². The molecule has 3 rings (SSSR count). The highest BCUT2D eigenvalue weighted by Crippen LogP contribution is 2.49. The molecule has 2 aliphatic rings. The van der Waals surface area contributed by atoms with E-state index in [4.69, 9.17) is 9.47 Å². The predicted octanol–water partition coefficient (Wildman–Crippen LogP) is 1.94. The van der Waals surface area contributed by atoms with Gasteiger partial charge in [-0.3, -0.25) is 14.5 Å². The minimum Gasteiger partial charge on any atom is -0.493 e. The van der Waals surface area contributed by atoms with Gasteiger partial charge in [-0.25, -0.2) is 0 Å². The lowest BCUT2D eigenvalue weighted by Gasteiger charge is -2.26. The van der Waals surface area contributed by atoms with E-state index >= 15 is 0 Å². The van der Waals surface area contributed by atoms with Crippen LogP contribution >= 0.6 is 0 Å². The van der Waals surface area contributed by atoms with Crippen LogP contribution in [0.4, 0.5) is 0 Å². The highest BCUT2D eigenvalue weighted by Gasteiger charge is 2.55. The van der Waals surface area contributed by atoms with Gasteiger partial charge in [0.2, 0.25) is 5.91 Å². The van der Waals surface area contributed by atoms with Gasteiger partial charge >= 0.3 is 5.97 Å². The van der Waals surface area contributed by atoms with E-state index in [0.717, 1.165) is 24.8 Å². The molecular formula is C21H30N2O5. The molecule has 1 aromatic rings. The summed E-state index contributed by atoms with van der Waals surface area (Å²) in [5.41, 5.74) is 0.389. The van der Waals surface area contributed by atoms with Crippen molar-refractivity contribution in [3.63, 3.8) is 0 Å². The molecule has 0 spiro atoms. The molecule has 1 saturated heterocycles. The number of benzene rings is 1. The van der Waals surface area contributed by atoms with Gasteiger partial charge in [-0.1, -0.05) is 12.5 Å². The lowest BCUT2D eigenvalue weighted by Crippen LogP contribution is -2.46. The van der Waals surface area contributed by atoms with Crippen LogP contribution in [0.5, 0.6) is 11.5 Å². The zero-order valence-electron chi connectivity index (χ0n) is 16.9. The lowest BCUT2D eigenvalue weighted by atomic mass is 9.81. The zero-order valence-corrected chi connectivity index (χ0v) is 16.9. The number of hydrogen-bond acceptors (Lipinski definition) is 5. The normalized spacial score (nSPS) is 25.2. The molecular weight excluding hydrogens is 360 g/mol. The quantitative estimate of drug-likeness (QED) is 0.705. The molecule has 7 nitrogen and oxygen atoms in total. The molecule has 2 N–H and O–H groups in total. The van der Waals surface area contributed by atoms with Crippen molar-refractivity contribution < 1.29 is 24.2 Å². The van der Waals surface area contributed by atoms with Crippen molar-refractivity contribution in [1.82, 2.24) is 10.2 Å². The van der Waals surface area contributed by atoms with Gasteiger partial charge in [0.1, 0.15) is 0 Å². The third-order valence-electron chi connectivity index (χ3n) is 6.41. The lowest BCUT2D eigenvalue weighted by molar-refractivity contribution is -0.149. The topological polar surface area (TPSA) is 88.1 Å². The van der Waals surface area contributed by atoms with Crippen LogP contribution in [0, 0.1) is 11.3 Å². The number of likely N-dealkylation sites (tertiary alicyclic amines) is 1. The molecule has 1 aliphatic carbocycles. The molecule has 0 radical (unpaired) electrons. The number of carbonyl (C=O) groups is 2. The standard InChI is InChI=1S/C21H30N2O5/c1-14(23-12-16-5-4-9-21(16,13-23)20(25)26)19(24)22-10-8-15-6-7-17(27-2)18(11-15)28-3/h6-7,11,14,16H,4-5,8-10,12-13H2,1-3H3,(H,22,24)(H,25,26)/t14?,16-,21+/m0/s1. The fourth-order valence-electron chi connectivity index (χ4n) is 4.65. The smallest absolute Gasteiger partial charge is 0.311 e. The Morgan fingerprint density at radius 1 is 1.32 bits per heavy atom. The Balaban J connectivity index is 1.52. The first kappa shape index (κ1) is 20.5. The number of fused-ring (bicyclic) bond motifs is 1. The van der Waals surface area contributed by atoms with Gasteiger partial charge in [0, 0.05) is 19.6 Å². The van der Waals surface area contributed by atoms with Crippen molar-refractivity contribution in [2.24, 2.45) is 11.3 Å². The molecule has 1 heterocycles. The summed E-state index contributed by atoms with van der Waals surface area (Å²) in [6, 6.07) is 5.39. The van der Waals surface area contributed by atoms with Crippen molar-refractivity contribution >= 4 is 11.9 Å². The van der Waals surface area contributed by atoms with Gasteiger partial charge in [0.05, 0.1) is 25.7 Å². The van der Waals surface area contributed by atoms with E-state index in [2.05, 4.69) is 5.32 Å². The largest absolute Gasteiger partial charge is 0.493 e. The van der Waals surface area contributed by atoms with E-state index in [1.165, 1.54) is 0 Å². The van der Waals surface area contributed by atoms with E-state index < -0.39 is 11.4 Å². The van der Waals surface area contributed by atoms with E-state index in [9.17, 15) is 14.7 Å². The van der Waals surface area contributed by atoms with Gasteiger partial charge in [0.25, 0.3) is 0 Å². The number of ether oxygens (including phenoxy) is 2. The average molecular weight is 390 g/mol. The van der Waals surface area contributed by atoms with Crippen LogP contribution < -0.4 is 14.8 Å². The summed E-state index contributed by atoms with van der Waals surface area (Å²) in [7, 11) is 3.19. The monoisotopic (exact) mass is 390 g/mol. The number of amides is 1. The summed E-state index contributed by atoms with van der Waals surface area (Å²) in [5.74, 6) is 0.740. The Morgan fingerprint density at radius 3 is 2.71 bits per heavy atom. The first-order chi connectivity index (χ1) is 13.4. The number of nitrogens with zero attached hydrogens (tertiary/aromatic N) is 1. The first-order valence-electron chi connectivity index (χ1n) is 9.87. The maximum atomic E-state index is 12.6. The molecule has 1 saturated carbocycles. The fraction of sp³-hybridized carbons (Fsp3) is 0.619. The van der Waals surface area contributed by atoms with Crippen LogP contribution in [0.15, 0.2) is 18.2 Å². The van der Waals surface area contributed by atoms with E-state index in [-0.39, 0.29) is 17.9 Å². The van der Waals surface area contributed by atoms with Crippen molar-refractivity contribution in [2.45, 2.75) is 38.6 Å². The summed E-state index contributed by atoms with van der Waals surface area (Å²) >= 11 is 0. The van der Waals surface area contributed by atoms with Crippen molar-refractivity contribution in [2.75, 3.05) is 33.9 Å². The van der Waals surface area contributed by atoms with Crippen LogP contribution in [0.2, 0.25) is 0 Å². The number of nitrogens with one attached hydrogen (secondary N) is 1. The summed E-state index contributed by atoms with van der Waals surface area (Å²) in [5, 5.41) is 12.7. The molecule has 2 fully saturated rings. The third kappa shape index (κ3) is 3.81. The molecule has 0 bridgehead atoms. The number of hydrogen-bond donors (Lipinski definition) is 2. The molecule has 1 aromatic carbocycles. The Kier molecular flexibility index (Phi) is 6.13. The number of carboxylic acid groups (broad SMARTS) is 1. The minimum absolute atomic E-state index is 0.0546. The molecule has 1 amide bonds. The first-order valence-corrected chi connectivity index (χ1v) is 9.87. The molecule has 3 atom stereocenters. The van der Waals surface area contributed by atoms with Crippen molar-refractivity contribution in [1.29, 1.82) is 0 Å². The Hall–Kier alpha value is -2.28. The number of carboxylic acids is 1.